The summed E-state index contributed by atoms with van der Waals surface area (Å²) in [5, 5.41) is 12.7. The van der Waals surface area contributed by atoms with Crippen LogP contribution in [0.2, 0.25) is 0 Å². The van der Waals surface area contributed by atoms with E-state index in [1.165, 1.54) is 24.3 Å². The molecule has 0 bridgehead atoms. The average molecular weight is 346 g/mol. The molecule has 0 amide bonds. The number of nitrogens with one attached hydrogen (secondary N) is 1. The number of aliphatic hydroxyl groups is 1. The fourth-order valence-corrected chi connectivity index (χ4v) is 2.06. The van der Waals surface area contributed by atoms with Crippen LogP contribution in [0, 0.1) is 17.5 Å². The maximum atomic E-state index is 13.1. The van der Waals surface area contributed by atoms with Gasteiger partial charge in [-0.3, -0.25) is 0 Å². The van der Waals surface area contributed by atoms with Gasteiger partial charge in [-0.2, -0.15) is 0 Å². The highest BCUT2D eigenvalue weighted by atomic mass is 79.9. The van der Waals surface area contributed by atoms with E-state index in [9.17, 15) is 18.3 Å². The van der Waals surface area contributed by atoms with Crippen LogP contribution in [-0.4, -0.2) is 11.7 Å². The fraction of sp³-hybridized carbons (Fsp3) is 0.143. The molecule has 0 aromatic heterocycles. The van der Waals surface area contributed by atoms with Crippen LogP contribution in [0.5, 0.6) is 0 Å². The summed E-state index contributed by atoms with van der Waals surface area (Å²) in [6, 6.07) is 7.27. The van der Waals surface area contributed by atoms with E-state index in [0.29, 0.717) is 10.2 Å². The van der Waals surface area contributed by atoms with Crippen molar-refractivity contribution >= 4 is 21.6 Å². The summed E-state index contributed by atoms with van der Waals surface area (Å²) in [5.74, 6) is -2.41. The maximum absolute atomic E-state index is 13.1. The lowest BCUT2D eigenvalue weighted by Gasteiger charge is -2.14. The van der Waals surface area contributed by atoms with Crippen molar-refractivity contribution in [3.05, 3.63) is 63.9 Å². The first-order valence-corrected chi connectivity index (χ1v) is 6.58. The van der Waals surface area contributed by atoms with Gasteiger partial charge in [-0.05, 0) is 51.8 Å². The van der Waals surface area contributed by atoms with E-state index in [1.54, 1.807) is 0 Å². The minimum absolute atomic E-state index is 0.0348. The van der Waals surface area contributed by atoms with Crippen LogP contribution in [0.3, 0.4) is 0 Å². The standard InChI is InChI=1S/C14H11BrF3NO/c15-10-3-2-9(16)6-13(10)19-7-14(20)8-1-4-11(17)12(18)5-8/h1-6,14,19-20H,7H2. The number of aliphatic hydroxyl groups excluding tert-OH is 1. The molecule has 2 rings (SSSR count). The zero-order valence-corrected chi connectivity index (χ0v) is 11.8. The first-order valence-electron chi connectivity index (χ1n) is 5.79. The van der Waals surface area contributed by atoms with E-state index >= 15 is 0 Å². The zero-order chi connectivity index (χ0) is 14.7. The molecule has 0 heterocycles. The molecule has 106 valence electrons. The van der Waals surface area contributed by atoms with Gasteiger partial charge in [-0.15, -0.1) is 0 Å². The molecule has 2 N–H and O–H groups in total. The van der Waals surface area contributed by atoms with Gasteiger partial charge in [0.25, 0.3) is 0 Å². The van der Waals surface area contributed by atoms with Gasteiger partial charge in [0.05, 0.1) is 11.8 Å². The topological polar surface area (TPSA) is 32.3 Å². The molecule has 0 spiro atoms. The molecule has 0 radical (unpaired) electrons. The van der Waals surface area contributed by atoms with Gasteiger partial charge in [0.2, 0.25) is 0 Å². The van der Waals surface area contributed by atoms with Crippen molar-refractivity contribution in [1.29, 1.82) is 0 Å². The number of hydrogen-bond acceptors (Lipinski definition) is 2. The monoisotopic (exact) mass is 345 g/mol. The largest absolute Gasteiger partial charge is 0.387 e. The number of benzene rings is 2. The number of anilines is 1. The maximum Gasteiger partial charge on any atom is 0.159 e. The summed E-state index contributed by atoms with van der Waals surface area (Å²) in [4.78, 5) is 0. The van der Waals surface area contributed by atoms with Crippen molar-refractivity contribution in [1.82, 2.24) is 0 Å². The minimum Gasteiger partial charge on any atom is -0.387 e. The highest BCUT2D eigenvalue weighted by Crippen LogP contribution is 2.24. The molecule has 0 aliphatic heterocycles. The normalized spacial score (nSPS) is 12.2. The summed E-state index contributed by atoms with van der Waals surface area (Å²) in [7, 11) is 0. The van der Waals surface area contributed by atoms with E-state index in [1.807, 2.05) is 0 Å². The van der Waals surface area contributed by atoms with Crippen molar-refractivity contribution in [2.45, 2.75) is 6.10 Å². The number of rotatable bonds is 4. The van der Waals surface area contributed by atoms with Gasteiger partial charge in [-0.1, -0.05) is 6.07 Å². The molecule has 2 aromatic rings. The van der Waals surface area contributed by atoms with Crippen LogP contribution in [0.4, 0.5) is 18.9 Å². The minimum atomic E-state index is -1.04. The van der Waals surface area contributed by atoms with E-state index in [4.69, 9.17) is 0 Å². The third-order valence-corrected chi connectivity index (χ3v) is 3.43. The molecule has 1 unspecified atom stereocenters. The van der Waals surface area contributed by atoms with Gasteiger partial charge in [0.15, 0.2) is 11.6 Å². The van der Waals surface area contributed by atoms with Crippen LogP contribution in [0.15, 0.2) is 40.9 Å². The predicted molar refractivity (Wildman–Crippen MR) is 73.9 cm³/mol. The van der Waals surface area contributed by atoms with Crippen molar-refractivity contribution < 1.29 is 18.3 Å². The summed E-state index contributed by atoms with van der Waals surface area (Å²) < 4.78 is 39.6. The summed E-state index contributed by atoms with van der Waals surface area (Å²) in [6.45, 7) is 0.0348. The summed E-state index contributed by atoms with van der Waals surface area (Å²) in [5.41, 5.74) is 0.704. The highest BCUT2D eigenvalue weighted by Gasteiger charge is 2.11. The Morgan fingerprint density at radius 3 is 2.50 bits per heavy atom. The molecule has 2 aromatic carbocycles. The second-order valence-electron chi connectivity index (χ2n) is 4.19. The van der Waals surface area contributed by atoms with Crippen LogP contribution >= 0.6 is 15.9 Å². The fourth-order valence-electron chi connectivity index (χ4n) is 1.68. The Labute approximate surface area is 122 Å². The van der Waals surface area contributed by atoms with Gasteiger partial charge in [-0.25, -0.2) is 13.2 Å². The molecule has 2 nitrogen and oxygen atoms in total. The quantitative estimate of drug-likeness (QED) is 0.877. The van der Waals surface area contributed by atoms with Crippen LogP contribution in [0.25, 0.3) is 0 Å². The first-order chi connectivity index (χ1) is 9.47. The number of hydrogen-bond donors (Lipinski definition) is 2. The Morgan fingerprint density at radius 2 is 1.80 bits per heavy atom. The van der Waals surface area contributed by atoms with Gasteiger partial charge >= 0.3 is 0 Å². The third-order valence-electron chi connectivity index (χ3n) is 2.74. The molecule has 0 saturated heterocycles. The lowest BCUT2D eigenvalue weighted by molar-refractivity contribution is 0.191. The lowest BCUT2D eigenvalue weighted by atomic mass is 10.1. The molecule has 6 heteroatoms. The molecule has 0 fully saturated rings. The molecule has 0 saturated carbocycles. The smallest absolute Gasteiger partial charge is 0.159 e. The Kier molecular flexibility index (Phi) is 4.67. The van der Waals surface area contributed by atoms with E-state index < -0.39 is 23.6 Å². The van der Waals surface area contributed by atoms with E-state index in [-0.39, 0.29) is 12.1 Å². The van der Waals surface area contributed by atoms with Crippen molar-refractivity contribution in [2.24, 2.45) is 0 Å². The molecule has 0 aliphatic rings. The van der Waals surface area contributed by atoms with Crippen LogP contribution < -0.4 is 5.32 Å². The Morgan fingerprint density at radius 1 is 1.05 bits per heavy atom. The Balaban J connectivity index is 2.06. The predicted octanol–water partition coefficient (Wildman–Crippen LogP) is 4.01. The first kappa shape index (κ1) is 14.9. The van der Waals surface area contributed by atoms with Gasteiger partial charge in [0, 0.05) is 11.0 Å². The third kappa shape index (κ3) is 3.52. The highest BCUT2D eigenvalue weighted by molar-refractivity contribution is 9.10. The van der Waals surface area contributed by atoms with Gasteiger partial charge < -0.3 is 10.4 Å². The van der Waals surface area contributed by atoms with Crippen molar-refractivity contribution in [3.63, 3.8) is 0 Å². The van der Waals surface area contributed by atoms with Crippen molar-refractivity contribution in [3.8, 4) is 0 Å². The molecule has 1 atom stereocenters. The van der Waals surface area contributed by atoms with Gasteiger partial charge in [0.1, 0.15) is 5.82 Å². The van der Waals surface area contributed by atoms with E-state index in [0.717, 1.165) is 12.1 Å². The SMILES string of the molecule is OC(CNc1cc(F)ccc1Br)c1ccc(F)c(F)c1. The second-order valence-corrected chi connectivity index (χ2v) is 5.05. The summed E-state index contributed by atoms with van der Waals surface area (Å²) in [6.07, 6.45) is -1.04. The van der Waals surface area contributed by atoms with E-state index in [2.05, 4.69) is 21.2 Å². The van der Waals surface area contributed by atoms with Crippen LogP contribution in [-0.2, 0) is 0 Å². The Bertz CT molecular complexity index is 621. The molecule has 20 heavy (non-hydrogen) atoms. The van der Waals surface area contributed by atoms with Crippen LogP contribution in [0.1, 0.15) is 11.7 Å². The zero-order valence-electron chi connectivity index (χ0n) is 10.2. The molecular formula is C14H11BrF3NO. The van der Waals surface area contributed by atoms with Crippen molar-refractivity contribution in [2.75, 3.05) is 11.9 Å². The molecular weight excluding hydrogens is 335 g/mol. The second kappa shape index (κ2) is 6.28. The summed E-state index contributed by atoms with van der Waals surface area (Å²) >= 11 is 3.24. The number of halogens is 4. The Hall–Kier alpha value is -1.53. The lowest BCUT2D eigenvalue weighted by Crippen LogP contribution is -2.13. The average Bonchev–Trinajstić information content (AvgIpc) is 2.42. The molecule has 0 aliphatic carbocycles.